The van der Waals surface area contributed by atoms with Crippen LogP contribution >= 0.6 is 0 Å². The number of ether oxygens (including phenoxy) is 3. The number of esters is 1. The van der Waals surface area contributed by atoms with Gasteiger partial charge in [0.15, 0.2) is 5.60 Å². The number of alkyl carbamates (subject to hydrolysis) is 1. The van der Waals surface area contributed by atoms with Gasteiger partial charge in [0.1, 0.15) is 12.2 Å². The molecule has 0 spiro atoms. The molecule has 1 saturated heterocycles. The van der Waals surface area contributed by atoms with Gasteiger partial charge in [-0.15, -0.1) is 0 Å². The molecule has 1 aliphatic rings. The number of cyclic esters (lactones) is 1. The molecule has 0 bridgehead atoms. The molecule has 1 fully saturated rings. The molecule has 0 radical (unpaired) electrons. The van der Waals surface area contributed by atoms with E-state index in [4.69, 9.17) is 14.2 Å². The van der Waals surface area contributed by atoms with Crippen LogP contribution in [0.2, 0.25) is 0 Å². The number of imide groups is 1. The predicted octanol–water partition coefficient (Wildman–Crippen LogP) is 6.21. The van der Waals surface area contributed by atoms with Crippen molar-refractivity contribution in [2.24, 2.45) is 11.8 Å². The molecule has 1 heterocycles. The van der Waals surface area contributed by atoms with Gasteiger partial charge in [-0.05, 0) is 32.3 Å². The van der Waals surface area contributed by atoms with Crippen molar-refractivity contribution in [3.05, 3.63) is 108 Å². The molecule has 1 aliphatic heterocycles. The van der Waals surface area contributed by atoms with Crippen LogP contribution in [0.15, 0.2) is 91.0 Å². The van der Waals surface area contributed by atoms with Gasteiger partial charge < -0.3 is 19.5 Å². The molecule has 1 N–H and O–H groups in total. The molecule has 0 aliphatic carbocycles. The number of nitrogens with zero attached hydrogens (tertiary/aromatic N) is 1. The van der Waals surface area contributed by atoms with Gasteiger partial charge in [-0.3, -0.25) is 9.59 Å². The lowest BCUT2D eigenvalue weighted by atomic mass is 9.75. The highest BCUT2D eigenvalue weighted by Gasteiger charge is 2.60. The number of carbonyl (C=O) groups excluding carboxylic acids is 4. The third-order valence-corrected chi connectivity index (χ3v) is 7.30. The average Bonchev–Trinajstić information content (AvgIpc) is 3.32. The minimum Gasteiger partial charge on any atom is -0.460 e. The largest absolute Gasteiger partial charge is 0.460 e. The summed E-state index contributed by atoms with van der Waals surface area (Å²) in [5.74, 6) is -2.68. The number of amides is 3. The van der Waals surface area contributed by atoms with Crippen molar-refractivity contribution >= 4 is 24.1 Å². The van der Waals surface area contributed by atoms with Crippen molar-refractivity contribution in [3.8, 4) is 0 Å². The number of benzene rings is 3. The van der Waals surface area contributed by atoms with E-state index in [1.54, 1.807) is 20.8 Å². The standard InChI is InChI=1S/C35H40N2O7/c1-24(2)30-35(27-17-11-7-12-18-27,28-19-13-8-14-20-28)44-33(41)37(30)31(39)26(21-29(38)43-34(3,4)5)22-36-32(40)42-23-25-15-9-6-10-16-25/h6-20,24,26,30H,21-23H2,1-5H3,(H,36,40). The number of rotatable bonds is 10. The second-order valence-electron chi connectivity index (χ2n) is 12.2. The maximum absolute atomic E-state index is 14.3. The Labute approximate surface area is 258 Å². The first-order chi connectivity index (χ1) is 20.9. The zero-order chi connectivity index (χ0) is 31.9. The van der Waals surface area contributed by atoms with Crippen molar-refractivity contribution in [1.29, 1.82) is 0 Å². The number of nitrogens with one attached hydrogen (secondary N) is 1. The van der Waals surface area contributed by atoms with Crippen LogP contribution in [-0.4, -0.2) is 47.2 Å². The highest BCUT2D eigenvalue weighted by atomic mass is 16.6. The summed E-state index contributed by atoms with van der Waals surface area (Å²) in [4.78, 5) is 54.8. The summed E-state index contributed by atoms with van der Waals surface area (Å²) in [6.45, 7) is 8.77. The number of hydrogen-bond donors (Lipinski definition) is 1. The average molecular weight is 601 g/mol. The van der Waals surface area contributed by atoms with E-state index in [1.807, 2.05) is 105 Å². The zero-order valence-corrected chi connectivity index (χ0v) is 25.8. The Morgan fingerprint density at radius 3 is 1.91 bits per heavy atom. The summed E-state index contributed by atoms with van der Waals surface area (Å²) >= 11 is 0. The maximum atomic E-state index is 14.3. The topological polar surface area (TPSA) is 111 Å². The maximum Gasteiger partial charge on any atom is 0.418 e. The van der Waals surface area contributed by atoms with Crippen molar-refractivity contribution in [3.63, 3.8) is 0 Å². The second kappa shape index (κ2) is 13.8. The van der Waals surface area contributed by atoms with Gasteiger partial charge >= 0.3 is 18.2 Å². The third-order valence-electron chi connectivity index (χ3n) is 7.30. The quantitative estimate of drug-likeness (QED) is 0.218. The normalized spacial score (nSPS) is 16.6. The van der Waals surface area contributed by atoms with E-state index in [-0.39, 0.29) is 25.5 Å². The van der Waals surface area contributed by atoms with E-state index < -0.39 is 47.2 Å². The van der Waals surface area contributed by atoms with Crippen molar-refractivity contribution in [2.45, 2.75) is 64.9 Å². The fraction of sp³-hybridized carbons (Fsp3) is 0.371. The molecule has 9 heteroatoms. The molecule has 232 valence electrons. The van der Waals surface area contributed by atoms with Gasteiger partial charge in [-0.1, -0.05) is 105 Å². The minimum absolute atomic E-state index is 0.0297. The molecule has 3 amide bonds. The first kappa shape index (κ1) is 32.3. The molecular weight excluding hydrogens is 560 g/mol. The Morgan fingerprint density at radius 2 is 1.41 bits per heavy atom. The van der Waals surface area contributed by atoms with Gasteiger partial charge in [0.2, 0.25) is 5.91 Å². The fourth-order valence-electron chi connectivity index (χ4n) is 5.54. The molecule has 0 aromatic heterocycles. The van der Waals surface area contributed by atoms with E-state index in [0.29, 0.717) is 11.1 Å². The van der Waals surface area contributed by atoms with E-state index in [9.17, 15) is 19.2 Å². The zero-order valence-electron chi connectivity index (χ0n) is 25.8. The van der Waals surface area contributed by atoms with Crippen LogP contribution in [0, 0.1) is 11.8 Å². The first-order valence-electron chi connectivity index (χ1n) is 14.8. The number of hydrogen-bond acceptors (Lipinski definition) is 7. The summed E-state index contributed by atoms with van der Waals surface area (Å²) in [5, 5.41) is 2.60. The molecule has 2 atom stereocenters. The van der Waals surface area contributed by atoms with Crippen LogP contribution in [-0.2, 0) is 36.0 Å². The molecule has 2 unspecified atom stereocenters. The van der Waals surface area contributed by atoms with E-state index in [0.717, 1.165) is 10.5 Å². The van der Waals surface area contributed by atoms with Gasteiger partial charge in [0.25, 0.3) is 0 Å². The Hall–Kier alpha value is -4.66. The molecule has 0 saturated carbocycles. The summed E-state index contributed by atoms with van der Waals surface area (Å²) in [6.07, 6.45) is -1.96. The molecular formula is C35H40N2O7. The fourth-order valence-corrected chi connectivity index (χ4v) is 5.54. The van der Waals surface area contributed by atoms with Crippen LogP contribution in [0.3, 0.4) is 0 Å². The van der Waals surface area contributed by atoms with Gasteiger partial charge in [0, 0.05) is 17.7 Å². The van der Waals surface area contributed by atoms with Gasteiger partial charge in [-0.25, -0.2) is 14.5 Å². The van der Waals surface area contributed by atoms with E-state index in [1.165, 1.54) is 0 Å². The van der Waals surface area contributed by atoms with Gasteiger partial charge in [-0.2, -0.15) is 0 Å². The molecule has 4 rings (SSSR count). The highest BCUT2D eigenvalue weighted by molar-refractivity contribution is 5.97. The summed E-state index contributed by atoms with van der Waals surface area (Å²) in [7, 11) is 0. The monoisotopic (exact) mass is 600 g/mol. The SMILES string of the molecule is CC(C)C1N(C(=O)C(CNC(=O)OCc2ccccc2)CC(=O)OC(C)(C)C)C(=O)OC1(c1ccccc1)c1ccccc1. The third kappa shape index (κ3) is 7.45. The lowest BCUT2D eigenvalue weighted by Crippen LogP contribution is -2.52. The summed E-state index contributed by atoms with van der Waals surface area (Å²) < 4.78 is 17.0. The van der Waals surface area contributed by atoms with Crippen LogP contribution in [0.25, 0.3) is 0 Å². The molecule has 3 aromatic rings. The van der Waals surface area contributed by atoms with Crippen LogP contribution in [0.1, 0.15) is 57.7 Å². The Morgan fingerprint density at radius 1 is 0.886 bits per heavy atom. The molecule has 44 heavy (non-hydrogen) atoms. The molecule has 9 nitrogen and oxygen atoms in total. The van der Waals surface area contributed by atoms with Crippen molar-refractivity contribution < 1.29 is 33.4 Å². The summed E-state index contributed by atoms with van der Waals surface area (Å²) in [6, 6.07) is 27.0. The lowest BCUT2D eigenvalue weighted by molar-refractivity contribution is -0.158. The van der Waals surface area contributed by atoms with Crippen molar-refractivity contribution in [1.82, 2.24) is 10.2 Å². The smallest absolute Gasteiger partial charge is 0.418 e. The van der Waals surface area contributed by atoms with E-state index in [2.05, 4.69) is 5.32 Å². The Kier molecular flexibility index (Phi) is 10.1. The summed E-state index contributed by atoms with van der Waals surface area (Å²) in [5.41, 5.74) is 0.110. The lowest BCUT2D eigenvalue weighted by Gasteiger charge is -2.38. The first-order valence-corrected chi connectivity index (χ1v) is 14.8. The second-order valence-corrected chi connectivity index (χ2v) is 12.2. The Bertz CT molecular complexity index is 1400. The highest BCUT2D eigenvalue weighted by Crippen LogP contribution is 2.47. The molecule has 3 aromatic carbocycles. The van der Waals surface area contributed by atoms with E-state index >= 15 is 0 Å². The van der Waals surface area contributed by atoms with Crippen LogP contribution in [0.5, 0.6) is 0 Å². The van der Waals surface area contributed by atoms with Crippen molar-refractivity contribution in [2.75, 3.05) is 6.54 Å². The minimum atomic E-state index is -1.30. The van der Waals surface area contributed by atoms with Crippen LogP contribution < -0.4 is 5.32 Å². The van der Waals surface area contributed by atoms with Crippen LogP contribution in [0.4, 0.5) is 9.59 Å². The number of carbonyl (C=O) groups is 4. The Balaban J connectivity index is 1.65. The van der Waals surface area contributed by atoms with Gasteiger partial charge in [0.05, 0.1) is 18.4 Å². The predicted molar refractivity (Wildman–Crippen MR) is 164 cm³/mol.